The zero-order valence-corrected chi connectivity index (χ0v) is 12.4. The lowest BCUT2D eigenvalue weighted by Crippen LogP contribution is -2.35. The molecule has 0 heterocycles. The van der Waals surface area contributed by atoms with E-state index in [1.54, 1.807) is 21.1 Å². The maximum absolute atomic E-state index is 11.1. The highest BCUT2D eigenvalue weighted by molar-refractivity contribution is 6.65. The predicted molar refractivity (Wildman–Crippen MR) is 70.1 cm³/mol. The first kappa shape index (κ1) is 16.3. The molecule has 0 saturated carbocycles. The Labute approximate surface area is 105 Å². The van der Waals surface area contributed by atoms with E-state index in [0.29, 0.717) is 12.2 Å². The van der Waals surface area contributed by atoms with Crippen molar-refractivity contribution in [3.8, 4) is 0 Å². The lowest BCUT2D eigenvalue weighted by atomic mass is 10.3. The number of ether oxygens (including phenoxy) is 1. The van der Waals surface area contributed by atoms with E-state index in [-0.39, 0.29) is 5.97 Å². The van der Waals surface area contributed by atoms with Gasteiger partial charge in [-0.15, -0.1) is 0 Å². The molecule has 0 amide bonds. The van der Waals surface area contributed by atoms with Crippen LogP contribution in [0, 0.1) is 0 Å². The van der Waals surface area contributed by atoms with E-state index in [0.717, 1.165) is 25.3 Å². The second-order valence-electron chi connectivity index (χ2n) is 4.27. The minimum absolute atomic E-state index is 0.307. The van der Waals surface area contributed by atoms with Gasteiger partial charge in [-0.25, -0.2) is 4.79 Å². The molecule has 0 aromatic carbocycles. The molecule has 4 nitrogen and oxygen atoms in total. The first-order valence-electron chi connectivity index (χ1n) is 5.88. The fourth-order valence-electron chi connectivity index (χ4n) is 1.30. The number of carbonyl (C=O) groups excluding carboxylic acids is 1. The molecule has 17 heavy (non-hydrogen) atoms. The van der Waals surface area contributed by atoms with Crippen LogP contribution in [-0.4, -0.2) is 35.4 Å². The minimum atomic E-state index is -1.92. The van der Waals surface area contributed by atoms with E-state index in [4.69, 9.17) is 13.6 Å². The number of hydrogen-bond acceptors (Lipinski definition) is 4. The third kappa shape index (κ3) is 7.30. The van der Waals surface area contributed by atoms with Crippen LogP contribution in [0.1, 0.15) is 26.2 Å². The van der Waals surface area contributed by atoms with E-state index in [2.05, 4.69) is 6.58 Å². The van der Waals surface area contributed by atoms with E-state index >= 15 is 0 Å². The second-order valence-corrected chi connectivity index (χ2v) is 7.85. The highest BCUT2D eigenvalue weighted by Gasteiger charge is 2.27. The summed E-state index contributed by atoms with van der Waals surface area (Å²) in [6, 6.07) is 0.967. The molecule has 5 heteroatoms. The summed E-state index contributed by atoms with van der Waals surface area (Å²) < 4.78 is 15.8. The summed E-state index contributed by atoms with van der Waals surface area (Å²) in [5, 5.41) is 0. The van der Waals surface area contributed by atoms with Crippen molar-refractivity contribution in [3.05, 3.63) is 12.2 Å². The van der Waals surface area contributed by atoms with Crippen LogP contribution in [-0.2, 0) is 18.4 Å². The van der Waals surface area contributed by atoms with Gasteiger partial charge in [0.25, 0.3) is 0 Å². The van der Waals surface area contributed by atoms with Gasteiger partial charge in [-0.3, -0.25) is 0 Å². The van der Waals surface area contributed by atoms with E-state index in [9.17, 15) is 4.79 Å². The SMILES string of the molecule is C=C(C)C(=O)OCCCCC[Si](C)(OC)OC. The van der Waals surface area contributed by atoms with Crippen molar-refractivity contribution in [3.63, 3.8) is 0 Å². The number of esters is 1. The lowest BCUT2D eigenvalue weighted by molar-refractivity contribution is -0.139. The Hall–Kier alpha value is -0.653. The predicted octanol–water partition coefficient (Wildman–Crippen LogP) is 2.64. The maximum atomic E-state index is 11.1. The number of rotatable bonds is 9. The molecular weight excluding hydrogens is 236 g/mol. The average molecular weight is 260 g/mol. The van der Waals surface area contributed by atoms with Crippen molar-refractivity contribution in [2.75, 3.05) is 20.8 Å². The van der Waals surface area contributed by atoms with Crippen LogP contribution in [0.5, 0.6) is 0 Å². The van der Waals surface area contributed by atoms with Crippen molar-refractivity contribution in [2.24, 2.45) is 0 Å². The minimum Gasteiger partial charge on any atom is -0.462 e. The zero-order valence-electron chi connectivity index (χ0n) is 11.4. The van der Waals surface area contributed by atoms with Crippen molar-refractivity contribution < 1.29 is 18.4 Å². The number of unbranched alkanes of at least 4 members (excludes halogenated alkanes) is 2. The summed E-state index contributed by atoms with van der Waals surface area (Å²) in [4.78, 5) is 11.1. The van der Waals surface area contributed by atoms with Gasteiger partial charge in [0.15, 0.2) is 0 Å². The molecule has 0 N–H and O–H groups in total. The van der Waals surface area contributed by atoms with E-state index in [1.165, 1.54) is 0 Å². The number of hydrogen-bond donors (Lipinski definition) is 0. The van der Waals surface area contributed by atoms with Gasteiger partial charge in [0, 0.05) is 19.8 Å². The van der Waals surface area contributed by atoms with Crippen LogP contribution in [0.25, 0.3) is 0 Å². The Kier molecular flexibility index (Phi) is 8.12. The topological polar surface area (TPSA) is 44.8 Å². The van der Waals surface area contributed by atoms with Crippen LogP contribution in [0.3, 0.4) is 0 Å². The van der Waals surface area contributed by atoms with Crippen LogP contribution in [0.2, 0.25) is 12.6 Å². The van der Waals surface area contributed by atoms with Crippen molar-refractivity contribution in [1.29, 1.82) is 0 Å². The molecule has 0 aliphatic heterocycles. The summed E-state index contributed by atoms with van der Waals surface area (Å²) >= 11 is 0. The smallest absolute Gasteiger partial charge is 0.334 e. The molecule has 0 radical (unpaired) electrons. The summed E-state index contributed by atoms with van der Waals surface area (Å²) in [5.74, 6) is -0.307. The first-order chi connectivity index (χ1) is 7.95. The Morgan fingerprint density at radius 1 is 1.18 bits per heavy atom. The van der Waals surface area contributed by atoms with Gasteiger partial charge in [-0.1, -0.05) is 19.4 Å². The van der Waals surface area contributed by atoms with Gasteiger partial charge >= 0.3 is 14.5 Å². The van der Waals surface area contributed by atoms with Crippen molar-refractivity contribution in [2.45, 2.75) is 38.8 Å². The molecule has 0 bridgehead atoms. The van der Waals surface area contributed by atoms with E-state index in [1.807, 2.05) is 6.55 Å². The lowest BCUT2D eigenvalue weighted by Gasteiger charge is -2.22. The Morgan fingerprint density at radius 2 is 1.76 bits per heavy atom. The standard InChI is InChI=1S/C12H24O4Si/c1-11(2)12(13)16-9-7-6-8-10-17(5,14-3)15-4/h1,6-10H2,2-5H3. The molecule has 0 fully saturated rings. The third-order valence-corrected chi connectivity index (χ3v) is 5.71. The van der Waals surface area contributed by atoms with Crippen LogP contribution < -0.4 is 0 Å². The Morgan fingerprint density at radius 3 is 2.24 bits per heavy atom. The van der Waals surface area contributed by atoms with Crippen molar-refractivity contribution in [1.82, 2.24) is 0 Å². The summed E-state index contributed by atoms with van der Waals surface area (Å²) in [5.41, 5.74) is 0.448. The molecule has 0 aromatic heterocycles. The highest BCUT2D eigenvalue weighted by atomic mass is 28.4. The first-order valence-corrected chi connectivity index (χ1v) is 8.40. The summed E-state index contributed by atoms with van der Waals surface area (Å²) in [6.07, 6.45) is 2.92. The molecule has 0 spiro atoms. The van der Waals surface area contributed by atoms with Crippen molar-refractivity contribution >= 4 is 14.5 Å². The van der Waals surface area contributed by atoms with Crippen LogP contribution in [0.4, 0.5) is 0 Å². The molecule has 0 unspecified atom stereocenters. The van der Waals surface area contributed by atoms with Gasteiger partial charge in [0.1, 0.15) is 0 Å². The second kappa shape index (κ2) is 8.44. The molecular formula is C12H24O4Si. The molecule has 0 saturated heterocycles. The number of carbonyl (C=O) groups is 1. The van der Waals surface area contributed by atoms with Crippen LogP contribution >= 0.6 is 0 Å². The molecule has 0 aliphatic rings. The summed E-state index contributed by atoms with van der Waals surface area (Å²) in [6.45, 7) is 7.68. The quantitative estimate of drug-likeness (QED) is 0.277. The third-order valence-electron chi connectivity index (χ3n) is 2.72. The fraction of sp³-hybridized carbons (Fsp3) is 0.750. The molecule has 0 aliphatic carbocycles. The highest BCUT2D eigenvalue weighted by Crippen LogP contribution is 2.15. The van der Waals surface area contributed by atoms with Crippen LogP contribution in [0.15, 0.2) is 12.2 Å². The largest absolute Gasteiger partial charge is 0.462 e. The van der Waals surface area contributed by atoms with Gasteiger partial charge < -0.3 is 13.6 Å². The van der Waals surface area contributed by atoms with Gasteiger partial charge in [-0.05, 0) is 25.9 Å². The van der Waals surface area contributed by atoms with E-state index < -0.39 is 8.56 Å². The average Bonchev–Trinajstić information content (AvgIpc) is 2.32. The Bertz CT molecular complexity index is 249. The molecule has 0 aromatic rings. The van der Waals surface area contributed by atoms with Gasteiger partial charge in [0.2, 0.25) is 0 Å². The maximum Gasteiger partial charge on any atom is 0.334 e. The van der Waals surface area contributed by atoms with Gasteiger partial charge in [-0.2, -0.15) is 0 Å². The summed E-state index contributed by atoms with van der Waals surface area (Å²) in [7, 11) is 1.48. The molecule has 0 rings (SSSR count). The molecule has 0 atom stereocenters. The fourth-order valence-corrected chi connectivity index (χ4v) is 2.77. The molecule has 100 valence electrons. The van der Waals surface area contributed by atoms with Gasteiger partial charge in [0.05, 0.1) is 6.61 Å². The zero-order chi connectivity index (χ0) is 13.3. The monoisotopic (exact) mass is 260 g/mol. The normalized spacial score (nSPS) is 11.3. The Balaban J connectivity index is 3.53.